The number of methoxy groups -OCH3 is 1. The van der Waals surface area contributed by atoms with Crippen molar-refractivity contribution in [1.82, 2.24) is 9.80 Å². The SMILES string of the molecule is CCN1CCN(C(=O)C(C)Oc2ccc(OC)cc2[N+](=O)[O-])CC1. The Hall–Kier alpha value is -2.35. The van der Waals surface area contributed by atoms with Crippen molar-refractivity contribution >= 4 is 11.6 Å². The van der Waals surface area contributed by atoms with Crippen LogP contribution < -0.4 is 9.47 Å². The number of rotatable bonds is 6. The first-order valence-corrected chi connectivity index (χ1v) is 7.96. The van der Waals surface area contributed by atoms with E-state index in [1.54, 1.807) is 17.9 Å². The third-order valence-corrected chi connectivity index (χ3v) is 4.15. The van der Waals surface area contributed by atoms with Crippen LogP contribution in [0.15, 0.2) is 18.2 Å². The van der Waals surface area contributed by atoms with Crippen LogP contribution in [0, 0.1) is 10.1 Å². The van der Waals surface area contributed by atoms with E-state index < -0.39 is 11.0 Å². The lowest BCUT2D eigenvalue weighted by Gasteiger charge is -2.35. The van der Waals surface area contributed by atoms with E-state index in [4.69, 9.17) is 9.47 Å². The zero-order valence-corrected chi connectivity index (χ0v) is 14.2. The summed E-state index contributed by atoms with van der Waals surface area (Å²) in [5.74, 6) is 0.272. The van der Waals surface area contributed by atoms with Gasteiger partial charge in [-0.05, 0) is 25.6 Å². The monoisotopic (exact) mass is 337 g/mol. The summed E-state index contributed by atoms with van der Waals surface area (Å²) in [5, 5.41) is 11.2. The van der Waals surface area contributed by atoms with Gasteiger partial charge in [0.15, 0.2) is 11.9 Å². The Labute approximate surface area is 141 Å². The van der Waals surface area contributed by atoms with Crippen LogP contribution in [0.4, 0.5) is 5.69 Å². The molecule has 0 radical (unpaired) electrons. The first kappa shape index (κ1) is 18.0. The van der Waals surface area contributed by atoms with E-state index in [9.17, 15) is 14.9 Å². The smallest absolute Gasteiger partial charge is 0.314 e. The van der Waals surface area contributed by atoms with Gasteiger partial charge in [0.1, 0.15) is 5.75 Å². The lowest BCUT2D eigenvalue weighted by molar-refractivity contribution is -0.386. The van der Waals surface area contributed by atoms with Crippen molar-refractivity contribution in [2.45, 2.75) is 20.0 Å². The van der Waals surface area contributed by atoms with Crippen molar-refractivity contribution in [1.29, 1.82) is 0 Å². The zero-order chi connectivity index (χ0) is 17.7. The lowest BCUT2D eigenvalue weighted by atomic mass is 10.2. The Kier molecular flexibility index (Phi) is 5.97. The standard InChI is InChI=1S/C16H23N3O5/c1-4-17-7-9-18(10-8-17)16(20)12(2)24-15-6-5-13(23-3)11-14(15)19(21)22/h5-6,11-12H,4,7-10H2,1-3H3. The Morgan fingerprint density at radius 3 is 2.54 bits per heavy atom. The summed E-state index contributed by atoms with van der Waals surface area (Å²) in [6.07, 6.45) is -0.787. The summed E-state index contributed by atoms with van der Waals surface area (Å²) in [7, 11) is 1.43. The quantitative estimate of drug-likeness (QED) is 0.578. The summed E-state index contributed by atoms with van der Waals surface area (Å²) in [6, 6.07) is 4.31. The maximum atomic E-state index is 12.5. The molecule has 0 spiro atoms. The summed E-state index contributed by atoms with van der Waals surface area (Å²) in [6.45, 7) is 7.62. The van der Waals surface area contributed by atoms with Gasteiger partial charge in [0.05, 0.1) is 18.1 Å². The van der Waals surface area contributed by atoms with Crippen LogP contribution in [0.5, 0.6) is 11.5 Å². The van der Waals surface area contributed by atoms with E-state index in [0.29, 0.717) is 18.8 Å². The van der Waals surface area contributed by atoms with Gasteiger partial charge in [0.25, 0.3) is 5.91 Å². The number of carbonyl (C=O) groups excluding carboxylic acids is 1. The van der Waals surface area contributed by atoms with Crippen LogP contribution in [0.2, 0.25) is 0 Å². The molecule has 0 bridgehead atoms. The summed E-state index contributed by atoms with van der Waals surface area (Å²) < 4.78 is 10.6. The van der Waals surface area contributed by atoms with Gasteiger partial charge in [-0.25, -0.2) is 0 Å². The van der Waals surface area contributed by atoms with E-state index >= 15 is 0 Å². The number of amides is 1. The van der Waals surface area contributed by atoms with Gasteiger partial charge >= 0.3 is 5.69 Å². The minimum Gasteiger partial charge on any atom is -0.496 e. The lowest BCUT2D eigenvalue weighted by Crippen LogP contribution is -2.51. The molecule has 1 fully saturated rings. The molecule has 8 heteroatoms. The average Bonchev–Trinajstić information content (AvgIpc) is 2.61. The Bertz CT molecular complexity index is 599. The molecule has 0 aliphatic carbocycles. The van der Waals surface area contributed by atoms with Gasteiger partial charge in [-0.3, -0.25) is 14.9 Å². The molecule has 1 atom stereocenters. The fraction of sp³-hybridized carbons (Fsp3) is 0.562. The number of benzene rings is 1. The highest BCUT2D eigenvalue weighted by atomic mass is 16.6. The molecule has 1 heterocycles. The predicted molar refractivity (Wildman–Crippen MR) is 88.4 cm³/mol. The van der Waals surface area contributed by atoms with Gasteiger partial charge in [-0.2, -0.15) is 0 Å². The Balaban J connectivity index is 2.05. The molecule has 2 rings (SSSR count). The normalized spacial score (nSPS) is 16.5. The molecule has 132 valence electrons. The highest BCUT2D eigenvalue weighted by molar-refractivity contribution is 5.81. The minimum atomic E-state index is -0.787. The van der Waals surface area contributed by atoms with Crippen molar-refractivity contribution in [2.24, 2.45) is 0 Å². The van der Waals surface area contributed by atoms with Crippen molar-refractivity contribution in [3.05, 3.63) is 28.3 Å². The molecular weight excluding hydrogens is 314 g/mol. The number of carbonyl (C=O) groups is 1. The van der Waals surface area contributed by atoms with Crippen LogP contribution in [0.3, 0.4) is 0 Å². The number of nitro benzene ring substituents is 1. The number of nitrogens with zero attached hydrogens (tertiary/aromatic N) is 3. The molecule has 24 heavy (non-hydrogen) atoms. The molecule has 0 N–H and O–H groups in total. The number of hydrogen-bond donors (Lipinski definition) is 0. The number of piperazine rings is 1. The van der Waals surface area contributed by atoms with E-state index in [-0.39, 0.29) is 17.3 Å². The van der Waals surface area contributed by atoms with Crippen molar-refractivity contribution in [3.8, 4) is 11.5 Å². The molecule has 8 nitrogen and oxygen atoms in total. The molecule has 1 saturated heterocycles. The minimum absolute atomic E-state index is 0.0637. The number of ether oxygens (including phenoxy) is 2. The maximum absolute atomic E-state index is 12.5. The van der Waals surface area contributed by atoms with E-state index in [1.807, 2.05) is 0 Å². The van der Waals surface area contributed by atoms with Crippen LogP contribution in [-0.2, 0) is 4.79 Å². The maximum Gasteiger partial charge on any atom is 0.314 e. The van der Waals surface area contributed by atoms with Crippen molar-refractivity contribution in [3.63, 3.8) is 0 Å². The van der Waals surface area contributed by atoms with Gasteiger partial charge in [0, 0.05) is 26.2 Å². The molecule has 1 aromatic rings. The second-order valence-electron chi connectivity index (χ2n) is 5.61. The molecule has 1 aromatic carbocycles. The summed E-state index contributed by atoms with van der Waals surface area (Å²) >= 11 is 0. The van der Waals surface area contributed by atoms with Crippen LogP contribution >= 0.6 is 0 Å². The van der Waals surface area contributed by atoms with Gasteiger partial charge in [-0.1, -0.05) is 6.92 Å². The number of likely N-dealkylation sites (N-methyl/N-ethyl adjacent to an activating group) is 1. The summed E-state index contributed by atoms with van der Waals surface area (Å²) in [5.41, 5.74) is -0.218. The fourth-order valence-corrected chi connectivity index (χ4v) is 2.65. The molecule has 1 amide bonds. The van der Waals surface area contributed by atoms with Gasteiger partial charge in [0.2, 0.25) is 0 Å². The second kappa shape index (κ2) is 7.96. The Morgan fingerprint density at radius 1 is 1.33 bits per heavy atom. The van der Waals surface area contributed by atoms with E-state index in [0.717, 1.165) is 19.6 Å². The number of nitro groups is 1. The van der Waals surface area contributed by atoms with Crippen molar-refractivity contribution < 1.29 is 19.2 Å². The fourth-order valence-electron chi connectivity index (χ4n) is 2.65. The third kappa shape index (κ3) is 4.14. The third-order valence-electron chi connectivity index (χ3n) is 4.15. The molecule has 1 aliphatic rings. The first-order chi connectivity index (χ1) is 11.5. The largest absolute Gasteiger partial charge is 0.496 e. The first-order valence-electron chi connectivity index (χ1n) is 7.96. The predicted octanol–water partition coefficient (Wildman–Crippen LogP) is 1.53. The van der Waals surface area contributed by atoms with Gasteiger partial charge < -0.3 is 19.3 Å². The molecule has 0 saturated carbocycles. The van der Waals surface area contributed by atoms with E-state index in [2.05, 4.69) is 11.8 Å². The highest BCUT2D eigenvalue weighted by Crippen LogP contribution is 2.31. The van der Waals surface area contributed by atoms with E-state index in [1.165, 1.54) is 19.2 Å². The zero-order valence-electron chi connectivity index (χ0n) is 14.2. The van der Waals surface area contributed by atoms with Crippen molar-refractivity contribution in [2.75, 3.05) is 39.8 Å². The highest BCUT2D eigenvalue weighted by Gasteiger charge is 2.27. The van der Waals surface area contributed by atoms with Crippen LogP contribution in [0.25, 0.3) is 0 Å². The molecule has 0 aromatic heterocycles. The topological polar surface area (TPSA) is 85.2 Å². The molecule has 1 aliphatic heterocycles. The molecule has 1 unspecified atom stereocenters. The number of hydrogen-bond acceptors (Lipinski definition) is 6. The van der Waals surface area contributed by atoms with Gasteiger partial charge in [-0.15, -0.1) is 0 Å². The summed E-state index contributed by atoms with van der Waals surface area (Å²) in [4.78, 5) is 27.1. The van der Waals surface area contributed by atoms with Crippen LogP contribution in [-0.4, -0.2) is 66.6 Å². The average molecular weight is 337 g/mol. The molecular formula is C16H23N3O5. The second-order valence-corrected chi connectivity index (χ2v) is 5.61. The Morgan fingerprint density at radius 2 is 2.00 bits per heavy atom. The van der Waals surface area contributed by atoms with Crippen LogP contribution in [0.1, 0.15) is 13.8 Å².